The minimum absolute atomic E-state index is 0. The van der Waals surface area contributed by atoms with Crippen LogP contribution in [0, 0.1) is 11.6 Å². The first-order valence-electron chi connectivity index (χ1n) is 6.42. The molecule has 2 rings (SSSR count). The van der Waals surface area contributed by atoms with Crippen molar-refractivity contribution in [2.24, 2.45) is 0 Å². The summed E-state index contributed by atoms with van der Waals surface area (Å²) in [6, 6.07) is 11.8. The number of benzene rings is 2. The summed E-state index contributed by atoms with van der Waals surface area (Å²) in [4.78, 5) is 0. The molecule has 0 unspecified atom stereocenters. The third-order valence-electron chi connectivity index (χ3n) is 3.11. The third kappa shape index (κ3) is 4.61. The average molecular weight is 401 g/mol. The molecule has 0 saturated carbocycles. The van der Waals surface area contributed by atoms with Crippen LogP contribution in [0.1, 0.15) is 11.1 Å². The van der Waals surface area contributed by atoms with Crippen LogP contribution in [0.25, 0.3) is 12.2 Å². The molecule has 0 heterocycles. The molecule has 0 fully saturated rings. The van der Waals surface area contributed by atoms with Gasteiger partial charge in [-0.1, -0.05) is 12.1 Å². The predicted octanol–water partition coefficient (Wildman–Crippen LogP) is 1.34. The van der Waals surface area contributed by atoms with Crippen molar-refractivity contribution in [2.75, 3.05) is 21.1 Å². The van der Waals surface area contributed by atoms with Crippen LogP contribution in [0.3, 0.4) is 0 Å². The Morgan fingerprint density at radius 3 is 1.81 bits per heavy atom. The number of quaternary nitrogens is 1. The van der Waals surface area contributed by atoms with E-state index in [0.717, 1.165) is 10.0 Å². The van der Waals surface area contributed by atoms with Crippen LogP contribution in [0.5, 0.6) is 0 Å². The van der Waals surface area contributed by atoms with Gasteiger partial charge in [-0.2, -0.15) is 0 Å². The highest BCUT2D eigenvalue weighted by Gasteiger charge is 2.10. The molecule has 2 aromatic carbocycles. The normalized spacial score (nSPS) is 11.5. The lowest BCUT2D eigenvalue weighted by molar-refractivity contribution is -0.00000546. The van der Waals surface area contributed by atoms with E-state index in [4.69, 9.17) is 0 Å². The van der Waals surface area contributed by atoms with Crippen molar-refractivity contribution in [1.82, 2.24) is 4.48 Å². The molecule has 2 aromatic rings. The zero-order valence-electron chi connectivity index (χ0n) is 12.3. The van der Waals surface area contributed by atoms with Gasteiger partial charge in [-0.25, -0.2) is 8.78 Å². The van der Waals surface area contributed by atoms with Crippen LogP contribution in [-0.4, -0.2) is 21.1 Å². The van der Waals surface area contributed by atoms with Gasteiger partial charge >= 0.3 is 0 Å². The van der Waals surface area contributed by atoms with Crippen molar-refractivity contribution >= 4 is 17.8 Å². The third-order valence-corrected chi connectivity index (χ3v) is 3.11. The van der Waals surface area contributed by atoms with Crippen molar-refractivity contribution in [3.8, 4) is 0 Å². The highest BCUT2D eigenvalue weighted by atomic mass is 127. The minimum Gasteiger partial charge on any atom is -1.00 e. The molecule has 0 bridgehead atoms. The van der Waals surface area contributed by atoms with Crippen molar-refractivity contribution in [1.29, 1.82) is 0 Å². The van der Waals surface area contributed by atoms with Gasteiger partial charge in [-0.05, 0) is 48.0 Å². The molecule has 112 valence electrons. The molecule has 0 atom stereocenters. The Bertz CT molecular complexity index is 608. The zero-order valence-corrected chi connectivity index (χ0v) is 14.4. The Kier molecular flexibility index (Phi) is 6.04. The van der Waals surface area contributed by atoms with Gasteiger partial charge in [0.2, 0.25) is 0 Å². The maximum atomic E-state index is 13.5. The molecule has 21 heavy (non-hydrogen) atoms. The van der Waals surface area contributed by atoms with E-state index in [-0.39, 0.29) is 29.5 Å². The van der Waals surface area contributed by atoms with E-state index >= 15 is 0 Å². The summed E-state index contributed by atoms with van der Waals surface area (Å²) in [5, 5.41) is 0. The first-order chi connectivity index (χ1) is 9.38. The predicted molar refractivity (Wildman–Crippen MR) is 81.3 cm³/mol. The molecule has 0 saturated heterocycles. The molecule has 0 aliphatic rings. The zero-order chi connectivity index (χ0) is 14.8. The summed E-state index contributed by atoms with van der Waals surface area (Å²) >= 11 is 0. The molecule has 0 N–H and O–H groups in total. The Hall–Kier alpha value is -1.27. The number of hydrogen-bond acceptors (Lipinski definition) is 0. The maximum Gasteiger partial charge on any atom is 0.133 e. The fourth-order valence-electron chi connectivity index (χ4n) is 1.88. The van der Waals surface area contributed by atoms with Gasteiger partial charge in [0.1, 0.15) is 17.3 Å². The quantitative estimate of drug-likeness (QED) is 0.414. The Balaban J connectivity index is 0.00000220. The number of hydrogen-bond donors (Lipinski definition) is 0. The molecule has 0 aliphatic heterocycles. The molecule has 4 heteroatoms. The van der Waals surface area contributed by atoms with E-state index in [1.165, 1.54) is 30.0 Å². The van der Waals surface area contributed by atoms with E-state index in [2.05, 4.69) is 21.1 Å². The van der Waals surface area contributed by atoms with Crippen molar-refractivity contribution in [2.45, 2.75) is 0 Å². The fourth-order valence-corrected chi connectivity index (χ4v) is 1.88. The smallest absolute Gasteiger partial charge is 0.133 e. The fraction of sp³-hybridized carbons (Fsp3) is 0.176. The monoisotopic (exact) mass is 401 g/mol. The molecule has 1 nitrogen and oxygen atoms in total. The van der Waals surface area contributed by atoms with E-state index in [1.54, 1.807) is 6.08 Å². The van der Waals surface area contributed by atoms with Crippen LogP contribution in [-0.2, 0) is 0 Å². The first-order valence-corrected chi connectivity index (χ1v) is 6.42. The minimum atomic E-state index is -0.552. The van der Waals surface area contributed by atoms with Crippen molar-refractivity contribution in [3.63, 3.8) is 0 Å². The summed E-state index contributed by atoms with van der Waals surface area (Å²) < 4.78 is 27.7. The summed E-state index contributed by atoms with van der Waals surface area (Å²) in [6.07, 6.45) is 3.17. The number of rotatable bonds is 3. The van der Waals surface area contributed by atoms with Crippen LogP contribution < -0.4 is 28.5 Å². The first kappa shape index (κ1) is 17.8. The van der Waals surface area contributed by atoms with Gasteiger partial charge in [0.05, 0.1) is 21.1 Å². The second-order valence-corrected chi connectivity index (χ2v) is 5.57. The van der Waals surface area contributed by atoms with E-state index in [1.807, 2.05) is 24.3 Å². The molecule has 0 aliphatic carbocycles. The van der Waals surface area contributed by atoms with Crippen LogP contribution >= 0.6 is 0 Å². The van der Waals surface area contributed by atoms with E-state index in [9.17, 15) is 8.78 Å². The molecule has 0 aromatic heterocycles. The Labute approximate surface area is 141 Å². The van der Waals surface area contributed by atoms with Gasteiger partial charge in [0.15, 0.2) is 0 Å². The second-order valence-electron chi connectivity index (χ2n) is 5.57. The van der Waals surface area contributed by atoms with Crippen LogP contribution in [0.15, 0.2) is 42.5 Å². The summed E-state index contributed by atoms with van der Waals surface area (Å²) in [5.41, 5.74) is 2.06. The topological polar surface area (TPSA) is 0 Å². The van der Waals surface area contributed by atoms with Gasteiger partial charge in [-0.15, -0.1) is 0 Å². The lowest BCUT2D eigenvalue weighted by atomic mass is 10.1. The number of nitrogens with zero attached hydrogens (tertiary/aromatic N) is 1. The van der Waals surface area contributed by atoms with E-state index < -0.39 is 11.6 Å². The SMILES string of the molecule is C[N+](C)(C)c1ccc(C=Cc2c(F)cccc2F)cc1.[I-]. The van der Waals surface area contributed by atoms with Crippen LogP contribution in [0.2, 0.25) is 0 Å². The van der Waals surface area contributed by atoms with Gasteiger partial charge in [0, 0.05) is 5.56 Å². The lowest BCUT2D eigenvalue weighted by Gasteiger charge is -2.23. The summed E-state index contributed by atoms with van der Waals surface area (Å²) in [6.45, 7) is 0. The highest BCUT2D eigenvalue weighted by molar-refractivity contribution is 5.70. The number of halogens is 3. The molecular weight excluding hydrogens is 383 g/mol. The summed E-state index contributed by atoms with van der Waals surface area (Å²) in [5.74, 6) is -1.10. The maximum absolute atomic E-state index is 13.5. The summed E-state index contributed by atoms with van der Waals surface area (Å²) in [7, 11) is 6.25. The molecule has 0 amide bonds. The molecule has 0 spiro atoms. The van der Waals surface area contributed by atoms with Gasteiger partial charge in [0.25, 0.3) is 0 Å². The van der Waals surface area contributed by atoms with Crippen molar-refractivity contribution in [3.05, 3.63) is 65.2 Å². The highest BCUT2D eigenvalue weighted by Crippen LogP contribution is 2.19. The van der Waals surface area contributed by atoms with Crippen LogP contribution in [0.4, 0.5) is 14.5 Å². The van der Waals surface area contributed by atoms with Crippen molar-refractivity contribution < 1.29 is 32.8 Å². The average Bonchev–Trinajstić information content (AvgIpc) is 2.37. The van der Waals surface area contributed by atoms with Gasteiger partial charge < -0.3 is 24.0 Å². The molecular formula is C17H18F2IN. The largest absolute Gasteiger partial charge is 1.00 e. The van der Waals surface area contributed by atoms with E-state index in [0.29, 0.717) is 0 Å². The Morgan fingerprint density at radius 1 is 0.810 bits per heavy atom. The Morgan fingerprint density at radius 2 is 1.33 bits per heavy atom. The standard InChI is InChI=1S/C17H18F2N.HI/c1-20(2,3)14-10-7-13(8-11-14)9-12-15-16(18)5-4-6-17(15)19;/h4-12H,1-3H3;1H/q+1;/p-1. The second kappa shape index (κ2) is 7.13. The molecule has 0 radical (unpaired) electrons. The lowest BCUT2D eigenvalue weighted by Crippen LogP contribution is -3.00. The van der Waals surface area contributed by atoms with Gasteiger partial charge in [-0.3, -0.25) is 4.48 Å².